The first-order valence-electron chi connectivity index (χ1n) is 30.2. The monoisotopic (exact) mass is 1330 g/mol. The number of nitrogens with zero attached hydrogens (tertiary/aromatic N) is 8. The van der Waals surface area contributed by atoms with Gasteiger partial charge in [-0.05, 0) is 165 Å². The van der Waals surface area contributed by atoms with Gasteiger partial charge in [0.15, 0.2) is 0 Å². The van der Waals surface area contributed by atoms with Crippen LogP contribution in [-0.2, 0) is 73.2 Å². The van der Waals surface area contributed by atoms with Gasteiger partial charge in [-0.1, -0.05) is 95.1 Å². The molecule has 0 spiro atoms. The first-order chi connectivity index (χ1) is 41.5. The molecule has 5 aromatic carbocycles. The van der Waals surface area contributed by atoms with Gasteiger partial charge in [0, 0.05) is 91.6 Å². The normalized spacial score (nSPS) is 19.3. The SMILES string of the molecule is Cc1ccc(S(=O)(=O)N2CCCN(Cc3cccc(CN4CCCN(S(=O)(=O)c5ccc(C)cc5)CCCN(S(C)(=O)=O)CCCN(S(=O)(=O)c5ccc(C)cc5)CCC4)c3)CCCN(S(=O)(=O)c3ccc(C)cc3)CCCN(S(C)(=O)=O)CCC2)cc1. The molecule has 7 rings (SSSR count). The van der Waals surface area contributed by atoms with E-state index >= 15 is 0 Å². The third kappa shape index (κ3) is 20.2. The minimum absolute atomic E-state index is 0.0417. The van der Waals surface area contributed by atoms with Crippen LogP contribution in [-0.4, -0.2) is 203 Å². The Morgan fingerprint density at radius 1 is 0.273 bits per heavy atom. The van der Waals surface area contributed by atoms with Gasteiger partial charge in [0.2, 0.25) is 60.1 Å². The Morgan fingerprint density at radius 2 is 0.466 bits per heavy atom. The van der Waals surface area contributed by atoms with Crippen molar-refractivity contribution in [3.05, 3.63) is 155 Å². The third-order valence-electron chi connectivity index (χ3n) is 16.2. The van der Waals surface area contributed by atoms with Gasteiger partial charge in [0.25, 0.3) is 0 Å². The standard InChI is InChI=1S/C62H90N8O12S6/c1-53-18-26-59(27-19-53)85(75,76)67-42-8-34-63(35-9-43-68(86(77,78)60-28-20-54(2)21-29-60)47-13-39-65(38-12-46-67)83(5,71)72)51-57-16-7-17-58(50-57)52-64-36-10-44-69(87(79,80)61-30-22-55(3)23-31-61)48-14-40-66(84(6,73)74)41-15-49-70(45-11-37-64)88(81,82)62-32-24-56(4)25-33-62/h7,16-33,50H,8-15,34-49,51-52H2,1-6H3. The van der Waals surface area contributed by atoms with E-state index in [1.165, 1.54) is 25.8 Å². The highest BCUT2D eigenvalue weighted by atomic mass is 32.2. The van der Waals surface area contributed by atoms with Crippen molar-refractivity contribution >= 4 is 60.1 Å². The maximum Gasteiger partial charge on any atom is 0.243 e. The fourth-order valence-electron chi connectivity index (χ4n) is 11.2. The average Bonchev–Trinajstić information content (AvgIpc) is 1.92. The van der Waals surface area contributed by atoms with Crippen LogP contribution in [0.2, 0.25) is 0 Å². The van der Waals surface area contributed by atoms with Gasteiger partial charge in [-0.3, -0.25) is 9.80 Å². The molecule has 0 saturated carbocycles. The summed E-state index contributed by atoms with van der Waals surface area (Å²) in [6.07, 6.45) is 4.67. The minimum Gasteiger partial charge on any atom is -0.299 e. The van der Waals surface area contributed by atoms with Gasteiger partial charge in [-0.15, -0.1) is 0 Å². The summed E-state index contributed by atoms with van der Waals surface area (Å²) in [5, 5.41) is 0. The zero-order chi connectivity index (χ0) is 63.9. The van der Waals surface area contributed by atoms with Gasteiger partial charge >= 0.3 is 0 Å². The Bertz CT molecular complexity index is 3340. The van der Waals surface area contributed by atoms with Crippen molar-refractivity contribution in [1.29, 1.82) is 0 Å². The van der Waals surface area contributed by atoms with E-state index in [0.717, 1.165) is 45.9 Å². The molecule has 0 aromatic heterocycles. The van der Waals surface area contributed by atoms with Crippen molar-refractivity contribution in [1.82, 2.24) is 35.6 Å². The summed E-state index contributed by atoms with van der Waals surface area (Å²) in [6.45, 7) is 11.1. The molecular weight excluding hydrogens is 1240 g/mol. The first kappa shape index (κ1) is 70.9. The lowest BCUT2D eigenvalue weighted by Gasteiger charge is -2.30. The average molecular weight is 1330 g/mol. The predicted molar refractivity (Wildman–Crippen MR) is 347 cm³/mol. The third-order valence-corrected chi connectivity index (χ3v) is 26.4. The van der Waals surface area contributed by atoms with Crippen LogP contribution in [0.4, 0.5) is 0 Å². The largest absolute Gasteiger partial charge is 0.299 e. The van der Waals surface area contributed by atoms with E-state index in [1.54, 1.807) is 97.1 Å². The lowest BCUT2D eigenvalue weighted by atomic mass is 10.1. The smallest absolute Gasteiger partial charge is 0.243 e. The van der Waals surface area contributed by atoms with E-state index in [9.17, 15) is 50.5 Å². The van der Waals surface area contributed by atoms with Crippen LogP contribution in [0.5, 0.6) is 0 Å². The summed E-state index contributed by atoms with van der Waals surface area (Å²) in [6, 6.07) is 34.7. The highest BCUT2D eigenvalue weighted by Gasteiger charge is 2.31. The lowest BCUT2D eigenvalue weighted by Crippen LogP contribution is -2.40. The van der Waals surface area contributed by atoms with Gasteiger partial charge < -0.3 is 0 Å². The first-order valence-corrected chi connectivity index (χ1v) is 39.7. The van der Waals surface area contributed by atoms with Crippen molar-refractivity contribution in [2.45, 2.75) is 112 Å². The van der Waals surface area contributed by atoms with E-state index in [4.69, 9.17) is 0 Å². The van der Waals surface area contributed by atoms with Crippen LogP contribution in [0.15, 0.2) is 141 Å². The number of hydrogen-bond donors (Lipinski definition) is 0. The Labute approximate surface area is 526 Å². The minimum atomic E-state index is -3.99. The van der Waals surface area contributed by atoms with Crippen molar-refractivity contribution in [2.75, 3.05) is 117 Å². The Morgan fingerprint density at radius 3 is 0.670 bits per heavy atom. The summed E-state index contributed by atoms with van der Waals surface area (Å²) in [4.78, 5) is 4.98. The topological polar surface area (TPSA) is 231 Å². The van der Waals surface area contributed by atoms with E-state index in [2.05, 4.69) is 15.9 Å². The molecule has 0 N–H and O–H groups in total. The molecule has 0 aliphatic carbocycles. The van der Waals surface area contributed by atoms with Crippen LogP contribution in [0.25, 0.3) is 0 Å². The molecule has 0 unspecified atom stereocenters. The molecule has 0 bridgehead atoms. The number of aryl methyl sites for hydroxylation is 4. The molecule has 486 valence electrons. The molecule has 2 heterocycles. The Kier molecular flexibility index (Phi) is 25.5. The van der Waals surface area contributed by atoms with E-state index < -0.39 is 60.1 Å². The molecule has 2 aliphatic rings. The fourth-order valence-corrected chi connectivity index (χ4v) is 19.1. The van der Waals surface area contributed by atoms with Crippen LogP contribution in [0, 0.1) is 27.7 Å². The van der Waals surface area contributed by atoms with Crippen molar-refractivity contribution in [2.24, 2.45) is 0 Å². The van der Waals surface area contributed by atoms with E-state index in [0.29, 0.717) is 65.0 Å². The summed E-state index contributed by atoms with van der Waals surface area (Å²) < 4.78 is 176. The lowest BCUT2D eigenvalue weighted by molar-refractivity contribution is 0.233. The van der Waals surface area contributed by atoms with Gasteiger partial charge in [-0.25, -0.2) is 59.1 Å². The zero-order valence-electron chi connectivity index (χ0n) is 51.9. The highest BCUT2D eigenvalue weighted by Crippen LogP contribution is 2.25. The fraction of sp³-hybridized carbons (Fsp3) is 0.516. The quantitative estimate of drug-likeness (QED) is 0.109. The maximum absolute atomic E-state index is 14.4. The van der Waals surface area contributed by atoms with E-state index in [1.807, 2.05) is 45.9 Å². The van der Waals surface area contributed by atoms with Crippen LogP contribution in [0.1, 0.15) is 84.7 Å². The van der Waals surface area contributed by atoms with Crippen molar-refractivity contribution in [3.8, 4) is 0 Å². The van der Waals surface area contributed by atoms with Gasteiger partial charge in [0.05, 0.1) is 32.1 Å². The predicted octanol–water partition coefficient (Wildman–Crippen LogP) is 6.96. The molecular formula is C62H90N8O12S6. The summed E-state index contributed by atoms with van der Waals surface area (Å²) in [5.41, 5.74) is 5.51. The molecule has 0 amide bonds. The second-order valence-corrected chi connectivity index (χ2v) is 35.1. The molecule has 0 atom stereocenters. The summed E-state index contributed by atoms with van der Waals surface area (Å²) in [7, 11) is -23.4. The van der Waals surface area contributed by atoms with Crippen molar-refractivity contribution < 1.29 is 50.5 Å². The highest BCUT2D eigenvalue weighted by molar-refractivity contribution is 7.90. The molecule has 26 heteroatoms. The molecule has 2 fully saturated rings. The number of benzene rings is 5. The number of sulfonamides is 6. The molecule has 20 nitrogen and oxygen atoms in total. The Balaban J connectivity index is 1.17. The summed E-state index contributed by atoms with van der Waals surface area (Å²) in [5.74, 6) is 0. The van der Waals surface area contributed by atoms with Crippen LogP contribution < -0.4 is 0 Å². The molecule has 5 aromatic rings. The molecule has 88 heavy (non-hydrogen) atoms. The van der Waals surface area contributed by atoms with Crippen LogP contribution in [0.3, 0.4) is 0 Å². The Hall–Kier alpha value is -4.52. The zero-order valence-corrected chi connectivity index (χ0v) is 56.8. The number of hydrogen-bond acceptors (Lipinski definition) is 14. The summed E-state index contributed by atoms with van der Waals surface area (Å²) >= 11 is 0. The molecule has 0 radical (unpaired) electrons. The van der Waals surface area contributed by atoms with E-state index in [-0.39, 0.29) is 124 Å². The van der Waals surface area contributed by atoms with Crippen molar-refractivity contribution in [3.63, 3.8) is 0 Å². The molecule has 2 aliphatic heterocycles. The molecule has 2 saturated heterocycles. The van der Waals surface area contributed by atoms with Gasteiger partial charge in [-0.2, -0.15) is 17.2 Å². The number of rotatable bonds is 14. The maximum atomic E-state index is 14.4. The second kappa shape index (κ2) is 31.7. The van der Waals surface area contributed by atoms with Crippen LogP contribution >= 0.6 is 0 Å². The van der Waals surface area contributed by atoms with Gasteiger partial charge in [0.1, 0.15) is 0 Å². The second-order valence-electron chi connectivity index (χ2n) is 23.4.